The molecule has 0 radical (unpaired) electrons. The highest BCUT2D eigenvalue weighted by atomic mass is 32.1. The summed E-state index contributed by atoms with van der Waals surface area (Å²) < 4.78 is 13.9. The number of aryl methyl sites for hydroxylation is 2. The number of nitrogens with two attached hydrogens (primary N) is 1. The summed E-state index contributed by atoms with van der Waals surface area (Å²) in [5.74, 6) is -0.605. The van der Waals surface area contributed by atoms with Crippen LogP contribution in [0.5, 0.6) is 0 Å². The van der Waals surface area contributed by atoms with Crippen molar-refractivity contribution >= 4 is 38.8 Å². The van der Waals surface area contributed by atoms with E-state index < -0.39 is 5.82 Å². The number of pyridine rings is 1. The van der Waals surface area contributed by atoms with Gasteiger partial charge in [-0.25, -0.2) is 9.37 Å². The lowest BCUT2D eigenvalue weighted by Gasteiger charge is -2.38. The van der Waals surface area contributed by atoms with Gasteiger partial charge in [-0.1, -0.05) is 6.07 Å². The molecule has 2 aromatic heterocycles. The number of thiophene rings is 1. The quantitative estimate of drug-likeness (QED) is 0.551. The minimum Gasteiger partial charge on any atom is -0.397 e. The summed E-state index contributed by atoms with van der Waals surface area (Å²) >= 11 is 1.23. The number of carbonyl (C=O) groups is 1. The number of carbonyl (C=O) groups excluding carboxylic acids is 1. The number of nitrogens with zero attached hydrogens (tertiary/aromatic N) is 2. The number of benzene rings is 1. The molecule has 0 spiro atoms. The molecule has 4 heterocycles. The van der Waals surface area contributed by atoms with Crippen molar-refractivity contribution in [1.82, 2.24) is 15.6 Å². The van der Waals surface area contributed by atoms with Crippen LogP contribution in [0.2, 0.25) is 0 Å². The molecule has 2 fully saturated rings. The van der Waals surface area contributed by atoms with Gasteiger partial charge in [0.2, 0.25) is 0 Å². The first-order valence-corrected chi connectivity index (χ1v) is 12.6. The molecule has 1 aromatic carbocycles. The summed E-state index contributed by atoms with van der Waals surface area (Å²) in [5, 5.41) is 7.22. The average molecular weight is 466 g/mol. The lowest BCUT2D eigenvalue weighted by Crippen LogP contribution is -2.52. The fourth-order valence-electron chi connectivity index (χ4n) is 5.75. The maximum Gasteiger partial charge on any atom is 0.263 e. The number of nitrogen functional groups attached to an aromatic ring is 1. The van der Waals surface area contributed by atoms with E-state index in [0.29, 0.717) is 38.6 Å². The zero-order chi connectivity index (χ0) is 22.7. The molecule has 1 amide bonds. The number of halogens is 1. The van der Waals surface area contributed by atoms with E-state index in [0.717, 1.165) is 32.4 Å². The highest BCUT2D eigenvalue weighted by Gasteiger charge is 2.36. The Kier molecular flexibility index (Phi) is 5.03. The van der Waals surface area contributed by atoms with Gasteiger partial charge in [0.15, 0.2) is 0 Å². The minimum atomic E-state index is -0.406. The highest BCUT2D eigenvalue weighted by Crippen LogP contribution is 2.36. The van der Waals surface area contributed by atoms with E-state index in [1.54, 1.807) is 6.92 Å². The van der Waals surface area contributed by atoms with Crippen molar-refractivity contribution < 1.29 is 9.18 Å². The smallest absolute Gasteiger partial charge is 0.263 e. The Hall–Kier alpha value is -2.71. The topological polar surface area (TPSA) is 83.3 Å². The Morgan fingerprint density at radius 2 is 2.00 bits per heavy atom. The molecule has 3 atom stereocenters. The van der Waals surface area contributed by atoms with Gasteiger partial charge in [-0.3, -0.25) is 4.79 Å². The molecule has 1 aliphatic carbocycles. The maximum absolute atomic E-state index is 13.9. The van der Waals surface area contributed by atoms with Gasteiger partial charge in [-0.15, -0.1) is 11.3 Å². The highest BCUT2D eigenvalue weighted by molar-refractivity contribution is 7.21. The van der Waals surface area contributed by atoms with Crippen LogP contribution < -0.4 is 21.3 Å². The van der Waals surface area contributed by atoms with Crippen molar-refractivity contribution in [3.63, 3.8) is 0 Å². The number of piperazine rings is 1. The fraction of sp³-hybridized carbons (Fsp3) is 0.440. The second-order valence-electron chi connectivity index (χ2n) is 9.57. The standard InChI is InChI=1S/C25H28FN5OS/c1-13-21(26)10-20-22(27)23(33-25(20)29-13)24(32)30-16-4-2-15-9-17(5-3-14(15)8-16)31-18-6-7-19(31)12-28-11-18/h3,5,9-10,16,18-19,28H,2,4,6-8,11-12,27H2,1H3,(H,30,32)/t16-,18?,19?/m1/s1. The van der Waals surface area contributed by atoms with Crippen LogP contribution in [0.25, 0.3) is 10.2 Å². The number of aromatic nitrogens is 1. The molecule has 3 aliphatic rings. The zero-order valence-corrected chi connectivity index (χ0v) is 19.5. The Balaban J connectivity index is 1.18. The number of hydrogen-bond donors (Lipinski definition) is 3. The third kappa shape index (κ3) is 3.56. The third-order valence-electron chi connectivity index (χ3n) is 7.49. The van der Waals surface area contributed by atoms with Crippen LogP contribution >= 0.6 is 11.3 Å². The first-order chi connectivity index (χ1) is 16.0. The second-order valence-corrected chi connectivity index (χ2v) is 10.6. The Labute approximate surface area is 196 Å². The summed E-state index contributed by atoms with van der Waals surface area (Å²) in [6, 6.07) is 9.52. The molecule has 2 saturated heterocycles. The molecule has 6 rings (SSSR count). The van der Waals surface area contributed by atoms with Crippen molar-refractivity contribution in [3.8, 4) is 0 Å². The number of fused-ring (bicyclic) bond motifs is 4. The van der Waals surface area contributed by atoms with E-state index in [9.17, 15) is 9.18 Å². The molecule has 3 aromatic rings. The molecule has 33 heavy (non-hydrogen) atoms. The van der Waals surface area contributed by atoms with Crippen molar-refractivity contribution in [2.45, 2.75) is 57.2 Å². The molecule has 8 heteroatoms. The van der Waals surface area contributed by atoms with Gasteiger partial charge in [-0.05, 0) is 68.4 Å². The number of hydrogen-bond acceptors (Lipinski definition) is 6. The van der Waals surface area contributed by atoms with Crippen LogP contribution in [0.3, 0.4) is 0 Å². The van der Waals surface area contributed by atoms with Gasteiger partial charge < -0.3 is 21.3 Å². The average Bonchev–Trinajstić information content (AvgIpc) is 3.25. The monoisotopic (exact) mass is 465 g/mol. The van der Waals surface area contributed by atoms with Crippen molar-refractivity contribution in [2.75, 3.05) is 23.7 Å². The molecule has 2 aliphatic heterocycles. The van der Waals surface area contributed by atoms with Crippen molar-refractivity contribution in [1.29, 1.82) is 0 Å². The predicted octanol–water partition coefficient (Wildman–Crippen LogP) is 3.55. The molecule has 2 unspecified atom stereocenters. The summed E-state index contributed by atoms with van der Waals surface area (Å²) in [6.45, 7) is 3.76. The van der Waals surface area contributed by atoms with Crippen molar-refractivity contribution in [3.05, 3.63) is 51.8 Å². The van der Waals surface area contributed by atoms with Crippen LogP contribution in [0.1, 0.15) is 45.8 Å². The first-order valence-electron chi connectivity index (χ1n) is 11.7. The normalized spacial score (nSPS) is 24.2. The molecular weight excluding hydrogens is 437 g/mol. The molecule has 4 N–H and O–H groups in total. The summed E-state index contributed by atoms with van der Waals surface area (Å²) in [6.07, 6.45) is 5.19. The summed E-state index contributed by atoms with van der Waals surface area (Å²) in [7, 11) is 0. The molecular formula is C25H28FN5OS. The first kappa shape index (κ1) is 20.9. The van der Waals surface area contributed by atoms with E-state index in [1.165, 1.54) is 47.1 Å². The van der Waals surface area contributed by atoms with E-state index >= 15 is 0 Å². The number of amides is 1. The maximum atomic E-state index is 13.9. The molecule has 0 saturated carbocycles. The molecule has 2 bridgehead atoms. The van der Waals surface area contributed by atoms with Crippen LogP contribution in [0, 0.1) is 12.7 Å². The van der Waals surface area contributed by atoms with E-state index in [4.69, 9.17) is 5.73 Å². The van der Waals surface area contributed by atoms with Gasteiger partial charge in [0.25, 0.3) is 5.91 Å². The predicted molar refractivity (Wildman–Crippen MR) is 131 cm³/mol. The SMILES string of the molecule is Cc1nc2sc(C(=O)N[C@@H]3CCc4cc(N5C6CCC5CNC6)ccc4C3)c(N)c2cc1F. The minimum absolute atomic E-state index is 0.0576. The Bertz CT molecular complexity index is 1240. The van der Waals surface area contributed by atoms with E-state index in [1.807, 2.05) is 0 Å². The van der Waals surface area contributed by atoms with E-state index in [-0.39, 0.29) is 11.9 Å². The lowest BCUT2D eigenvalue weighted by atomic mass is 9.87. The van der Waals surface area contributed by atoms with Gasteiger partial charge in [-0.2, -0.15) is 0 Å². The number of nitrogens with one attached hydrogen (secondary N) is 2. The summed E-state index contributed by atoms with van der Waals surface area (Å²) in [5.41, 5.74) is 10.9. The van der Waals surface area contributed by atoms with Crippen LogP contribution in [-0.2, 0) is 12.8 Å². The molecule has 6 nitrogen and oxygen atoms in total. The van der Waals surface area contributed by atoms with Crippen LogP contribution in [0.15, 0.2) is 24.3 Å². The largest absolute Gasteiger partial charge is 0.397 e. The zero-order valence-electron chi connectivity index (χ0n) is 18.7. The second kappa shape index (κ2) is 7.95. The van der Waals surface area contributed by atoms with Gasteiger partial charge in [0.1, 0.15) is 15.5 Å². The molecule has 172 valence electrons. The van der Waals surface area contributed by atoms with Crippen LogP contribution in [-0.4, -0.2) is 42.1 Å². The number of anilines is 2. The van der Waals surface area contributed by atoms with E-state index in [2.05, 4.69) is 38.7 Å². The van der Waals surface area contributed by atoms with Gasteiger partial charge in [0, 0.05) is 42.3 Å². The fourth-order valence-corrected chi connectivity index (χ4v) is 6.77. The van der Waals surface area contributed by atoms with Gasteiger partial charge >= 0.3 is 0 Å². The van der Waals surface area contributed by atoms with Gasteiger partial charge in [0.05, 0.1) is 11.4 Å². The van der Waals surface area contributed by atoms with Crippen LogP contribution in [0.4, 0.5) is 15.8 Å². The third-order valence-corrected chi connectivity index (χ3v) is 8.60. The lowest BCUT2D eigenvalue weighted by molar-refractivity contribution is 0.0938. The van der Waals surface area contributed by atoms with Crippen molar-refractivity contribution in [2.24, 2.45) is 0 Å². The number of rotatable bonds is 3. The Morgan fingerprint density at radius 3 is 2.79 bits per heavy atom. The Morgan fingerprint density at radius 1 is 1.21 bits per heavy atom. The summed E-state index contributed by atoms with van der Waals surface area (Å²) in [4.78, 5) is 20.9.